The van der Waals surface area contributed by atoms with Crippen molar-refractivity contribution in [3.63, 3.8) is 0 Å². The van der Waals surface area contributed by atoms with Gasteiger partial charge in [0.1, 0.15) is 0 Å². The van der Waals surface area contributed by atoms with Gasteiger partial charge < -0.3 is 10.1 Å². The lowest BCUT2D eigenvalue weighted by Crippen LogP contribution is -2.22. The molecule has 0 aliphatic carbocycles. The van der Waals surface area contributed by atoms with Crippen LogP contribution in [0.3, 0.4) is 0 Å². The van der Waals surface area contributed by atoms with Gasteiger partial charge in [-0.1, -0.05) is 13.8 Å². The average molecular weight is 253 g/mol. The van der Waals surface area contributed by atoms with Crippen LogP contribution < -0.4 is 5.32 Å². The zero-order valence-electron chi connectivity index (χ0n) is 12.2. The summed E-state index contributed by atoms with van der Waals surface area (Å²) in [4.78, 5) is 0. The second-order valence-corrected chi connectivity index (χ2v) is 5.22. The van der Waals surface area contributed by atoms with Crippen LogP contribution in [0.2, 0.25) is 0 Å². The van der Waals surface area contributed by atoms with Gasteiger partial charge in [-0.05, 0) is 38.8 Å². The molecule has 4 nitrogen and oxygen atoms in total. The van der Waals surface area contributed by atoms with E-state index in [4.69, 9.17) is 4.74 Å². The Kier molecular flexibility index (Phi) is 6.98. The lowest BCUT2D eigenvalue weighted by molar-refractivity contribution is 0.112. The Bertz CT molecular complexity index is 334. The molecule has 1 aromatic rings. The molecule has 1 N–H and O–H groups in total. The summed E-state index contributed by atoms with van der Waals surface area (Å²) in [5.41, 5.74) is 2.34. The molecule has 0 spiro atoms. The summed E-state index contributed by atoms with van der Waals surface area (Å²) in [5.74, 6) is 0.621. The van der Waals surface area contributed by atoms with Gasteiger partial charge in [0.25, 0.3) is 0 Å². The van der Waals surface area contributed by atoms with Crippen LogP contribution in [0.25, 0.3) is 0 Å². The predicted octanol–water partition coefficient (Wildman–Crippen LogP) is 2.15. The quantitative estimate of drug-likeness (QED) is 0.685. The molecule has 4 heteroatoms. The Morgan fingerprint density at radius 3 is 2.72 bits per heavy atom. The van der Waals surface area contributed by atoms with Gasteiger partial charge in [-0.3, -0.25) is 4.68 Å². The standard InChI is InChI=1S/C14H27N3O/c1-12(2)11-18-9-7-15-6-5-8-17-14(4)10-13(3)16-17/h10,12,15H,5-9,11H2,1-4H3. The van der Waals surface area contributed by atoms with Gasteiger partial charge in [-0.15, -0.1) is 0 Å². The normalized spacial score (nSPS) is 11.4. The molecular formula is C14H27N3O. The maximum atomic E-state index is 5.50. The topological polar surface area (TPSA) is 39.1 Å². The zero-order valence-corrected chi connectivity index (χ0v) is 12.2. The first kappa shape index (κ1) is 15.2. The Balaban J connectivity index is 1.97. The number of hydrogen-bond acceptors (Lipinski definition) is 3. The number of aromatic nitrogens is 2. The lowest BCUT2D eigenvalue weighted by Gasteiger charge is -2.08. The molecule has 1 aromatic heterocycles. The molecule has 1 heterocycles. The summed E-state index contributed by atoms with van der Waals surface area (Å²) in [5, 5.41) is 7.83. The molecule has 1 rings (SSSR count). The first-order valence-electron chi connectivity index (χ1n) is 6.89. The zero-order chi connectivity index (χ0) is 13.4. The van der Waals surface area contributed by atoms with Crippen molar-refractivity contribution < 1.29 is 4.74 Å². The molecule has 0 saturated carbocycles. The minimum absolute atomic E-state index is 0.621. The molecule has 0 unspecified atom stereocenters. The van der Waals surface area contributed by atoms with Crippen LogP contribution in [0.4, 0.5) is 0 Å². The highest BCUT2D eigenvalue weighted by molar-refractivity contribution is 5.06. The van der Waals surface area contributed by atoms with E-state index >= 15 is 0 Å². The van der Waals surface area contributed by atoms with Crippen LogP contribution >= 0.6 is 0 Å². The number of nitrogens with zero attached hydrogens (tertiary/aromatic N) is 2. The monoisotopic (exact) mass is 253 g/mol. The highest BCUT2D eigenvalue weighted by Crippen LogP contribution is 2.02. The maximum absolute atomic E-state index is 5.50. The van der Waals surface area contributed by atoms with Crippen molar-refractivity contribution in [2.24, 2.45) is 5.92 Å². The van der Waals surface area contributed by atoms with E-state index in [-0.39, 0.29) is 0 Å². The van der Waals surface area contributed by atoms with E-state index in [1.54, 1.807) is 0 Å². The predicted molar refractivity (Wildman–Crippen MR) is 74.8 cm³/mol. The first-order valence-corrected chi connectivity index (χ1v) is 6.89. The Hall–Kier alpha value is -0.870. The molecule has 0 aliphatic heterocycles. The second kappa shape index (κ2) is 8.27. The van der Waals surface area contributed by atoms with Gasteiger partial charge in [0.15, 0.2) is 0 Å². The molecule has 18 heavy (non-hydrogen) atoms. The summed E-state index contributed by atoms with van der Waals surface area (Å²) in [6.07, 6.45) is 1.10. The number of ether oxygens (including phenoxy) is 1. The van der Waals surface area contributed by atoms with E-state index in [9.17, 15) is 0 Å². The Morgan fingerprint density at radius 1 is 1.33 bits per heavy atom. The largest absolute Gasteiger partial charge is 0.380 e. The third-order valence-corrected chi connectivity index (χ3v) is 2.70. The minimum Gasteiger partial charge on any atom is -0.380 e. The number of aryl methyl sites for hydroxylation is 3. The summed E-state index contributed by atoms with van der Waals surface area (Å²) in [6.45, 7) is 13.1. The van der Waals surface area contributed by atoms with E-state index in [2.05, 4.69) is 41.9 Å². The summed E-state index contributed by atoms with van der Waals surface area (Å²) < 4.78 is 7.58. The molecule has 0 bridgehead atoms. The van der Waals surface area contributed by atoms with E-state index in [0.717, 1.165) is 45.0 Å². The fraction of sp³-hybridized carbons (Fsp3) is 0.786. The van der Waals surface area contributed by atoms with Crippen molar-refractivity contribution in [1.29, 1.82) is 0 Å². The number of hydrogen-bond donors (Lipinski definition) is 1. The van der Waals surface area contributed by atoms with Crippen molar-refractivity contribution in [3.05, 3.63) is 17.5 Å². The SMILES string of the molecule is Cc1cc(C)n(CCCNCCOCC(C)C)n1. The minimum atomic E-state index is 0.621. The number of nitrogens with one attached hydrogen (secondary N) is 1. The van der Waals surface area contributed by atoms with Crippen molar-refractivity contribution in [2.75, 3.05) is 26.3 Å². The van der Waals surface area contributed by atoms with E-state index in [1.165, 1.54) is 5.69 Å². The fourth-order valence-electron chi connectivity index (χ4n) is 1.84. The van der Waals surface area contributed by atoms with Gasteiger partial charge in [0.2, 0.25) is 0 Å². The summed E-state index contributed by atoms with van der Waals surface area (Å²) in [6, 6.07) is 2.12. The molecule has 0 aromatic carbocycles. The molecule has 0 fully saturated rings. The van der Waals surface area contributed by atoms with Crippen LogP contribution in [-0.4, -0.2) is 36.1 Å². The van der Waals surface area contributed by atoms with Crippen LogP contribution in [0, 0.1) is 19.8 Å². The van der Waals surface area contributed by atoms with Crippen molar-refractivity contribution >= 4 is 0 Å². The highest BCUT2D eigenvalue weighted by atomic mass is 16.5. The molecule has 0 saturated heterocycles. The molecule has 0 aliphatic rings. The third kappa shape index (κ3) is 6.17. The third-order valence-electron chi connectivity index (χ3n) is 2.70. The smallest absolute Gasteiger partial charge is 0.0596 e. The molecule has 0 atom stereocenters. The van der Waals surface area contributed by atoms with Crippen molar-refractivity contribution in [3.8, 4) is 0 Å². The Morgan fingerprint density at radius 2 is 2.11 bits per heavy atom. The van der Waals surface area contributed by atoms with Gasteiger partial charge in [-0.25, -0.2) is 0 Å². The highest BCUT2D eigenvalue weighted by Gasteiger charge is 1.99. The van der Waals surface area contributed by atoms with Gasteiger partial charge in [-0.2, -0.15) is 5.10 Å². The summed E-state index contributed by atoms with van der Waals surface area (Å²) >= 11 is 0. The van der Waals surface area contributed by atoms with E-state index in [1.807, 2.05) is 6.92 Å². The van der Waals surface area contributed by atoms with Crippen molar-refractivity contribution in [1.82, 2.24) is 15.1 Å². The van der Waals surface area contributed by atoms with Gasteiger partial charge in [0.05, 0.1) is 12.3 Å². The average Bonchev–Trinajstić information content (AvgIpc) is 2.61. The summed E-state index contributed by atoms with van der Waals surface area (Å²) in [7, 11) is 0. The van der Waals surface area contributed by atoms with Gasteiger partial charge in [0, 0.05) is 25.4 Å². The Labute approximate surface area is 111 Å². The number of rotatable bonds is 9. The van der Waals surface area contributed by atoms with E-state index in [0.29, 0.717) is 5.92 Å². The molecule has 0 amide bonds. The van der Waals surface area contributed by atoms with E-state index < -0.39 is 0 Å². The second-order valence-electron chi connectivity index (χ2n) is 5.22. The lowest BCUT2D eigenvalue weighted by atomic mass is 10.2. The van der Waals surface area contributed by atoms with Crippen LogP contribution in [0.15, 0.2) is 6.07 Å². The van der Waals surface area contributed by atoms with Gasteiger partial charge >= 0.3 is 0 Å². The molecular weight excluding hydrogens is 226 g/mol. The van der Waals surface area contributed by atoms with Crippen LogP contribution in [0.1, 0.15) is 31.7 Å². The van der Waals surface area contributed by atoms with Crippen LogP contribution in [0.5, 0.6) is 0 Å². The van der Waals surface area contributed by atoms with Crippen molar-refractivity contribution in [2.45, 2.75) is 40.7 Å². The fourth-order valence-corrected chi connectivity index (χ4v) is 1.84. The van der Waals surface area contributed by atoms with Crippen LogP contribution in [-0.2, 0) is 11.3 Å². The molecule has 0 radical (unpaired) electrons. The first-order chi connectivity index (χ1) is 8.59. The maximum Gasteiger partial charge on any atom is 0.0596 e. The molecule has 104 valence electrons.